The molecule has 238 valence electrons. The Morgan fingerprint density at radius 3 is 1.79 bits per heavy atom. The largest absolute Gasteiger partial charge is 0.423 e. The number of hydrazine groups is 1. The molecule has 17 heteroatoms. The van der Waals surface area contributed by atoms with Crippen LogP contribution in [0, 0.1) is 10.1 Å². The lowest BCUT2D eigenvalue weighted by Gasteiger charge is -2.29. The number of benzene rings is 4. The molecule has 1 heterocycles. The van der Waals surface area contributed by atoms with Crippen LogP contribution in [0.5, 0.6) is 5.75 Å². The Balaban J connectivity index is 1.46. The third-order valence-corrected chi connectivity index (χ3v) is 9.06. The number of non-ortho nitro benzene ring substituents is 1. The van der Waals surface area contributed by atoms with E-state index in [-0.39, 0.29) is 43.2 Å². The fourth-order valence-corrected chi connectivity index (χ4v) is 5.92. The molecule has 0 bridgehead atoms. The van der Waals surface area contributed by atoms with Gasteiger partial charge in [-0.3, -0.25) is 29.3 Å². The van der Waals surface area contributed by atoms with Gasteiger partial charge in [0.2, 0.25) is 0 Å². The molecule has 4 aromatic rings. The van der Waals surface area contributed by atoms with Crippen molar-refractivity contribution < 1.29 is 33.6 Å². The third-order valence-electron chi connectivity index (χ3n) is 6.71. The maximum absolute atomic E-state index is 13.7. The van der Waals surface area contributed by atoms with Crippen LogP contribution in [0.15, 0.2) is 66.7 Å². The lowest BCUT2D eigenvalue weighted by molar-refractivity contribution is -0.384. The van der Waals surface area contributed by atoms with Crippen molar-refractivity contribution in [2.45, 2.75) is 0 Å². The maximum Gasteiger partial charge on any atom is 0.345 e. The summed E-state index contributed by atoms with van der Waals surface area (Å²) in [6.07, 6.45) is 0. The average Bonchev–Trinajstić information content (AvgIpc) is 3.30. The summed E-state index contributed by atoms with van der Waals surface area (Å²) in [5, 5.41) is 11.0. The summed E-state index contributed by atoms with van der Waals surface area (Å²) >= 11 is 36.6. The summed E-state index contributed by atoms with van der Waals surface area (Å²) in [6, 6.07) is 13.6. The van der Waals surface area contributed by atoms with Crippen LogP contribution >= 0.6 is 69.6 Å². The minimum absolute atomic E-state index is 0.0189. The van der Waals surface area contributed by atoms with Gasteiger partial charge in [0.25, 0.3) is 23.4 Å². The number of nitro groups is 1. The van der Waals surface area contributed by atoms with E-state index in [1.54, 1.807) is 0 Å². The highest BCUT2D eigenvalue weighted by molar-refractivity contribution is 6.55. The molecule has 0 saturated carbocycles. The molecule has 5 rings (SSSR count). The van der Waals surface area contributed by atoms with E-state index in [4.69, 9.17) is 74.3 Å². The molecule has 4 aromatic carbocycles. The molecule has 0 saturated heterocycles. The second-order valence-corrected chi connectivity index (χ2v) is 11.9. The summed E-state index contributed by atoms with van der Waals surface area (Å²) in [7, 11) is 0. The summed E-state index contributed by atoms with van der Waals surface area (Å²) < 4.78 is 5.31. The number of fused-ring (bicyclic) bond motifs is 1. The molecule has 0 aliphatic carbocycles. The molecule has 3 amide bonds. The maximum atomic E-state index is 13.7. The van der Waals surface area contributed by atoms with Gasteiger partial charge in [-0.05, 0) is 54.6 Å². The van der Waals surface area contributed by atoms with Crippen LogP contribution in [0.1, 0.15) is 51.8 Å². The predicted octanol–water partition coefficient (Wildman–Crippen LogP) is 8.27. The number of ketones is 1. The molecule has 0 fully saturated rings. The average molecular weight is 756 g/mol. The fraction of sp³-hybridized carbons (Fsp3) is 0.0333. The van der Waals surface area contributed by atoms with Gasteiger partial charge in [-0.15, -0.1) is 0 Å². The number of hydrogen-bond donors (Lipinski definition) is 0. The quantitative estimate of drug-likeness (QED) is 0.0256. The van der Waals surface area contributed by atoms with Crippen molar-refractivity contribution in [1.29, 1.82) is 0 Å². The number of imide groups is 1. The number of hydrogen-bond acceptors (Lipinski definition) is 8. The molecule has 1 aliphatic heterocycles. The van der Waals surface area contributed by atoms with Crippen molar-refractivity contribution >= 4 is 105 Å². The Morgan fingerprint density at radius 2 is 1.28 bits per heavy atom. The Kier molecular flexibility index (Phi) is 9.78. The number of carbonyl (C=O) groups is 5. The number of nitrogens with zero attached hydrogens (tertiary/aromatic N) is 3. The molecule has 0 radical (unpaired) electrons. The number of amides is 3. The molecule has 0 atom stereocenters. The van der Waals surface area contributed by atoms with E-state index in [1.807, 2.05) is 0 Å². The molecule has 0 aromatic heterocycles. The van der Waals surface area contributed by atoms with E-state index >= 15 is 0 Å². The highest BCUT2D eigenvalue weighted by Crippen LogP contribution is 2.45. The smallest absolute Gasteiger partial charge is 0.345 e. The summed E-state index contributed by atoms with van der Waals surface area (Å²) in [4.78, 5) is 77.4. The molecular weight excluding hydrogens is 743 g/mol. The van der Waals surface area contributed by atoms with Crippen LogP contribution < -0.4 is 4.74 Å². The van der Waals surface area contributed by atoms with Crippen molar-refractivity contribution in [2.24, 2.45) is 0 Å². The minimum Gasteiger partial charge on any atom is -0.423 e. The first kappa shape index (κ1) is 34.1. The Morgan fingerprint density at radius 1 is 0.745 bits per heavy atom. The van der Waals surface area contributed by atoms with Gasteiger partial charge < -0.3 is 4.74 Å². The van der Waals surface area contributed by atoms with E-state index in [0.717, 1.165) is 24.3 Å². The van der Waals surface area contributed by atoms with Crippen LogP contribution in [0.4, 0.5) is 5.69 Å². The topological polar surface area (TPSA) is 144 Å². The zero-order valence-corrected chi connectivity index (χ0v) is 27.5. The van der Waals surface area contributed by atoms with E-state index in [0.29, 0.717) is 15.0 Å². The van der Waals surface area contributed by atoms with E-state index < -0.39 is 62.1 Å². The molecule has 11 nitrogen and oxygen atoms in total. The standard InChI is InChI=1S/C30H13Cl6N3O8/c31-15-5-10-18(19(32)11-15)30(44)47-17-8-3-13(4-9-17)20(40)12-37(27(41)14-1-6-16(7-2-14)39(45)46)38-28(42)21-22(29(38)43)24(34)26(36)25(35)23(21)33/h1-11H,12H2. The van der Waals surface area contributed by atoms with Gasteiger partial charge in [0.15, 0.2) is 5.78 Å². The normalized spacial score (nSPS) is 12.2. The number of esters is 1. The Bertz CT molecular complexity index is 1990. The van der Waals surface area contributed by atoms with Crippen LogP contribution in [0.2, 0.25) is 30.1 Å². The second-order valence-electron chi connectivity index (χ2n) is 9.56. The first-order valence-electron chi connectivity index (χ1n) is 12.8. The van der Waals surface area contributed by atoms with Crippen molar-refractivity contribution in [3.05, 3.63) is 135 Å². The summed E-state index contributed by atoms with van der Waals surface area (Å²) in [5.74, 6) is -4.87. The third kappa shape index (κ3) is 6.51. The minimum atomic E-state index is -1.14. The lowest BCUT2D eigenvalue weighted by atomic mass is 10.1. The van der Waals surface area contributed by atoms with Gasteiger partial charge in [-0.25, -0.2) is 9.80 Å². The van der Waals surface area contributed by atoms with Gasteiger partial charge in [0, 0.05) is 28.3 Å². The fourth-order valence-electron chi connectivity index (χ4n) is 4.42. The first-order valence-corrected chi connectivity index (χ1v) is 15.1. The summed E-state index contributed by atoms with van der Waals surface area (Å²) in [6.45, 7) is -0.891. The van der Waals surface area contributed by atoms with E-state index in [1.165, 1.54) is 42.5 Å². The van der Waals surface area contributed by atoms with Crippen LogP contribution in [-0.4, -0.2) is 51.0 Å². The van der Waals surface area contributed by atoms with Gasteiger partial charge in [-0.1, -0.05) is 69.6 Å². The van der Waals surface area contributed by atoms with Crippen molar-refractivity contribution in [2.75, 3.05) is 6.54 Å². The Labute approximate surface area is 294 Å². The number of carbonyl (C=O) groups excluding carboxylic acids is 5. The van der Waals surface area contributed by atoms with Gasteiger partial charge in [0.1, 0.15) is 12.3 Å². The SMILES string of the molecule is O=C(CN(C(=O)c1ccc([N+](=O)[O-])cc1)N1C(=O)c2c(Cl)c(Cl)c(Cl)c(Cl)c2C1=O)c1ccc(OC(=O)c2ccc(Cl)cc2Cl)cc1. The van der Waals surface area contributed by atoms with E-state index in [2.05, 4.69) is 0 Å². The number of halogens is 6. The molecule has 0 unspecified atom stereocenters. The van der Waals surface area contributed by atoms with Crippen molar-refractivity contribution in [1.82, 2.24) is 10.0 Å². The number of Topliss-reactive ketones (excluding diaryl/α,β-unsaturated/α-hetero) is 1. The number of rotatable bonds is 8. The highest BCUT2D eigenvalue weighted by atomic mass is 35.5. The van der Waals surface area contributed by atoms with Crippen LogP contribution in [-0.2, 0) is 0 Å². The zero-order valence-electron chi connectivity index (χ0n) is 22.9. The van der Waals surface area contributed by atoms with Crippen LogP contribution in [0.3, 0.4) is 0 Å². The molecule has 1 aliphatic rings. The van der Waals surface area contributed by atoms with Gasteiger partial charge in [0.05, 0.1) is 46.7 Å². The van der Waals surface area contributed by atoms with Crippen LogP contribution in [0.25, 0.3) is 0 Å². The van der Waals surface area contributed by atoms with Gasteiger partial charge in [-0.2, -0.15) is 5.01 Å². The molecule has 0 spiro atoms. The summed E-state index contributed by atoms with van der Waals surface area (Å²) in [5.41, 5.74) is -1.42. The zero-order chi connectivity index (χ0) is 34.3. The first-order chi connectivity index (χ1) is 22.2. The predicted molar refractivity (Wildman–Crippen MR) is 173 cm³/mol. The highest BCUT2D eigenvalue weighted by Gasteiger charge is 2.46. The second kappa shape index (κ2) is 13.5. The number of ether oxygens (including phenoxy) is 1. The van der Waals surface area contributed by atoms with E-state index in [9.17, 15) is 34.1 Å². The van der Waals surface area contributed by atoms with Crippen molar-refractivity contribution in [3.8, 4) is 5.75 Å². The number of nitro benzene ring substituents is 1. The van der Waals surface area contributed by atoms with Crippen molar-refractivity contribution in [3.63, 3.8) is 0 Å². The molecule has 0 N–H and O–H groups in total. The monoisotopic (exact) mass is 753 g/mol. The Hall–Kier alpha value is -4.23. The van der Waals surface area contributed by atoms with Gasteiger partial charge >= 0.3 is 5.97 Å². The molecular formula is C30H13Cl6N3O8. The lowest BCUT2D eigenvalue weighted by Crippen LogP contribution is -2.51. The molecule has 47 heavy (non-hydrogen) atoms.